The van der Waals surface area contributed by atoms with Gasteiger partial charge in [0.1, 0.15) is 0 Å². The number of rotatable bonds is 5. The van der Waals surface area contributed by atoms with Crippen LogP contribution in [0.1, 0.15) is 22.8 Å². The molecule has 0 aliphatic rings. The third-order valence-electron chi connectivity index (χ3n) is 4.92. The fourth-order valence-corrected chi connectivity index (χ4v) is 5.31. The van der Waals surface area contributed by atoms with E-state index in [2.05, 4.69) is 28.8 Å². The van der Waals surface area contributed by atoms with Crippen molar-refractivity contribution in [3.63, 3.8) is 0 Å². The summed E-state index contributed by atoms with van der Waals surface area (Å²) in [5, 5.41) is 0. The second-order valence-corrected chi connectivity index (χ2v) is 9.70. The Morgan fingerprint density at radius 2 is 1.74 bits per heavy atom. The number of fused-ring (bicyclic) bond motifs is 1. The number of aryl methyl sites for hydroxylation is 2. The lowest BCUT2D eigenvalue weighted by Gasteiger charge is -2.08. The Bertz CT molecular complexity index is 1420. The van der Waals surface area contributed by atoms with Crippen LogP contribution in [0.2, 0.25) is 0 Å². The second kappa shape index (κ2) is 8.49. The highest BCUT2D eigenvalue weighted by atomic mass is 32.2. The maximum absolute atomic E-state index is 12.7. The van der Waals surface area contributed by atoms with E-state index in [1.54, 1.807) is 42.5 Å². The minimum absolute atomic E-state index is 0.175. The molecule has 1 heterocycles. The Hall–Kier alpha value is -3.23. The fraction of sp³-hybridized carbons (Fsp3) is 0.130. The van der Waals surface area contributed by atoms with Gasteiger partial charge in [0.15, 0.2) is 4.80 Å². The number of hydrogen-bond acceptors (Lipinski definition) is 4. The molecular formula is C23H21N3O3S2. The van der Waals surface area contributed by atoms with Gasteiger partial charge in [0.05, 0.1) is 15.1 Å². The minimum atomic E-state index is -3.68. The van der Waals surface area contributed by atoms with Crippen LogP contribution in [0.3, 0.4) is 0 Å². The molecule has 0 fully saturated rings. The first-order valence-electron chi connectivity index (χ1n) is 9.73. The largest absolute Gasteiger partial charge is 0.319 e. The first kappa shape index (κ1) is 21.0. The van der Waals surface area contributed by atoms with Crippen LogP contribution in [-0.2, 0) is 23.5 Å². The van der Waals surface area contributed by atoms with Crippen molar-refractivity contribution < 1.29 is 13.2 Å². The van der Waals surface area contributed by atoms with E-state index < -0.39 is 10.0 Å². The number of hydrogen-bond donors (Lipinski definition) is 1. The van der Waals surface area contributed by atoms with Gasteiger partial charge in [-0.25, -0.2) is 8.42 Å². The summed E-state index contributed by atoms with van der Waals surface area (Å²) in [6.45, 7) is 2.10. The Morgan fingerprint density at radius 3 is 2.42 bits per heavy atom. The zero-order valence-electron chi connectivity index (χ0n) is 17.1. The molecule has 0 aliphatic heterocycles. The SMILES string of the molecule is CCc1ccc2c(c1)sc(=NC(=O)c1ccc(NS(=O)(=O)c3ccccc3)cc1)n2C. The molecular weight excluding hydrogens is 430 g/mol. The predicted molar refractivity (Wildman–Crippen MR) is 124 cm³/mol. The van der Waals surface area contributed by atoms with Crippen LogP contribution in [0.15, 0.2) is 82.7 Å². The highest BCUT2D eigenvalue weighted by Gasteiger charge is 2.14. The standard InChI is InChI=1S/C23H21N3O3S2/c1-3-16-9-14-20-21(15-16)30-23(26(20)2)24-22(27)17-10-12-18(13-11-17)25-31(28,29)19-7-5-4-6-8-19/h4-15,25H,3H2,1-2H3. The van der Waals surface area contributed by atoms with Crippen LogP contribution in [0.25, 0.3) is 10.2 Å². The van der Waals surface area contributed by atoms with Crippen LogP contribution in [0, 0.1) is 0 Å². The summed E-state index contributed by atoms with van der Waals surface area (Å²) >= 11 is 1.47. The predicted octanol–water partition coefficient (Wildman–Crippen LogP) is 4.34. The molecule has 0 spiro atoms. The number of thiazole rings is 1. The summed E-state index contributed by atoms with van der Waals surface area (Å²) in [7, 11) is -1.79. The molecule has 158 valence electrons. The van der Waals surface area contributed by atoms with Crippen LogP contribution in [0.4, 0.5) is 5.69 Å². The Labute approximate surface area is 184 Å². The van der Waals surface area contributed by atoms with Gasteiger partial charge in [-0.05, 0) is 60.5 Å². The number of nitrogens with zero attached hydrogens (tertiary/aromatic N) is 2. The van der Waals surface area contributed by atoms with Crippen molar-refractivity contribution >= 4 is 43.2 Å². The molecule has 0 atom stereocenters. The summed E-state index contributed by atoms with van der Waals surface area (Å²) < 4.78 is 30.4. The van der Waals surface area contributed by atoms with E-state index in [9.17, 15) is 13.2 Å². The fourth-order valence-electron chi connectivity index (χ4n) is 3.15. The summed E-state index contributed by atoms with van der Waals surface area (Å²) in [5.74, 6) is -0.379. The third kappa shape index (κ3) is 4.45. The summed E-state index contributed by atoms with van der Waals surface area (Å²) in [6, 6.07) is 20.6. The first-order valence-corrected chi connectivity index (χ1v) is 12.0. The molecule has 0 bridgehead atoms. The van der Waals surface area contributed by atoms with Crippen molar-refractivity contribution in [1.82, 2.24) is 4.57 Å². The molecule has 1 aromatic heterocycles. The van der Waals surface area contributed by atoms with Gasteiger partial charge in [0, 0.05) is 18.3 Å². The van der Waals surface area contributed by atoms with E-state index in [0.29, 0.717) is 16.1 Å². The van der Waals surface area contributed by atoms with Gasteiger partial charge in [-0.2, -0.15) is 4.99 Å². The number of carbonyl (C=O) groups is 1. The average Bonchev–Trinajstić information content (AvgIpc) is 3.09. The van der Waals surface area contributed by atoms with Crippen molar-refractivity contribution in [2.45, 2.75) is 18.2 Å². The monoisotopic (exact) mass is 451 g/mol. The average molecular weight is 452 g/mol. The van der Waals surface area contributed by atoms with Crippen LogP contribution in [-0.4, -0.2) is 18.9 Å². The molecule has 1 N–H and O–H groups in total. The molecule has 0 saturated heterocycles. The van der Waals surface area contributed by atoms with E-state index in [4.69, 9.17) is 0 Å². The highest BCUT2D eigenvalue weighted by Crippen LogP contribution is 2.20. The number of anilines is 1. The van der Waals surface area contributed by atoms with Crippen LogP contribution in [0.5, 0.6) is 0 Å². The Morgan fingerprint density at radius 1 is 1.03 bits per heavy atom. The van der Waals surface area contributed by atoms with Gasteiger partial charge >= 0.3 is 0 Å². The Kier molecular flexibility index (Phi) is 5.75. The lowest BCUT2D eigenvalue weighted by molar-refractivity contribution is 0.0998. The zero-order valence-corrected chi connectivity index (χ0v) is 18.7. The van der Waals surface area contributed by atoms with Gasteiger partial charge in [-0.3, -0.25) is 9.52 Å². The number of aromatic nitrogens is 1. The third-order valence-corrected chi connectivity index (χ3v) is 7.41. The lowest BCUT2D eigenvalue weighted by atomic mass is 10.2. The van der Waals surface area contributed by atoms with Crippen molar-refractivity contribution in [3.8, 4) is 0 Å². The van der Waals surface area contributed by atoms with Crippen molar-refractivity contribution in [2.75, 3.05) is 4.72 Å². The highest BCUT2D eigenvalue weighted by molar-refractivity contribution is 7.92. The molecule has 0 aliphatic carbocycles. The molecule has 0 unspecified atom stereocenters. The second-order valence-electron chi connectivity index (χ2n) is 7.01. The van der Waals surface area contributed by atoms with Crippen molar-refractivity contribution in [1.29, 1.82) is 0 Å². The van der Waals surface area contributed by atoms with E-state index >= 15 is 0 Å². The number of benzene rings is 3. The molecule has 1 amide bonds. The molecule has 4 rings (SSSR count). The number of amides is 1. The maximum atomic E-state index is 12.7. The van der Waals surface area contributed by atoms with E-state index in [1.165, 1.54) is 29.0 Å². The quantitative estimate of drug-likeness (QED) is 0.490. The molecule has 31 heavy (non-hydrogen) atoms. The van der Waals surface area contributed by atoms with Crippen LogP contribution >= 0.6 is 11.3 Å². The van der Waals surface area contributed by atoms with Gasteiger partial charge < -0.3 is 4.57 Å². The van der Waals surface area contributed by atoms with Crippen molar-refractivity contribution in [2.24, 2.45) is 12.0 Å². The van der Waals surface area contributed by atoms with Gasteiger partial charge in [0.25, 0.3) is 15.9 Å². The molecule has 3 aromatic carbocycles. The first-order chi connectivity index (χ1) is 14.9. The molecule has 6 nitrogen and oxygen atoms in total. The topological polar surface area (TPSA) is 80.5 Å². The van der Waals surface area contributed by atoms with Gasteiger partial charge in [0.2, 0.25) is 0 Å². The van der Waals surface area contributed by atoms with E-state index in [-0.39, 0.29) is 10.8 Å². The molecule has 8 heteroatoms. The summed E-state index contributed by atoms with van der Waals surface area (Å²) in [6.07, 6.45) is 0.948. The van der Waals surface area contributed by atoms with Gasteiger partial charge in [-0.1, -0.05) is 42.5 Å². The van der Waals surface area contributed by atoms with E-state index in [1.807, 2.05) is 17.7 Å². The van der Waals surface area contributed by atoms with E-state index in [0.717, 1.165) is 16.6 Å². The number of sulfonamides is 1. The van der Waals surface area contributed by atoms with Gasteiger partial charge in [-0.15, -0.1) is 0 Å². The Balaban J connectivity index is 1.58. The molecule has 4 aromatic rings. The maximum Gasteiger partial charge on any atom is 0.279 e. The zero-order chi connectivity index (χ0) is 22.0. The molecule has 0 radical (unpaired) electrons. The minimum Gasteiger partial charge on any atom is -0.319 e. The number of carbonyl (C=O) groups excluding carboxylic acids is 1. The van der Waals surface area contributed by atoms with Crippen molar-refractivity contribution in [3.05, 3.63) is 88.7 Å². The van der Waals surface area contributed by atoms with Crippen LogP contribution < -0.4 is 9.52 Å². The summed E-state index contributed by atoms with van der Waals surface area (Å²) in [4.78, 5) is 17.7. The lowest BCUT2D eigenvalue weighted by Crippen LogP contribution is -2.14. The normalized spacial score (nSPS) is 12.3. The smallest absolute Gasteiger partial charge is 0.279 e. The summed E-state index contributed by atoms with van der Waals surface area (Å²) in [5.41, 5.74) is 3.02. The molecule has 0 saturated carbocycles. The number of nitrogens with one attached hydrogen (secondary N) is 1.